The molecular formula is C21H28N6O. The van der Waals surface area contributed by atoms with Gasteiger partial charge in [0.1, 0.15) is 23.2 Å². The third kappa shape index (κ3) is 4.24. The number of nitrogens with zero attached hydrogens (tertiary/aromatic N) is 6. The first-order chi connectivity index (χ1) is 13.7. The number of likely N-dealkylation sites (tertiary alicyclic amines) is 1. The van der Waals surface area contributed by atoms with Crippen LogP contribution in [0.4, 0.5) is 11.6 Å². The van der Waals surface area contributed by atoms with Gasteiger partial charge in [0, 0.05) is 51.5 Å². The van der Waals surface area contributed by atoms with E-state index in [1.54, 1.807) is 0 Å². The summed E-state index contributed by atoms with van der Waals surface area (Å²) in [4.78, 5) is 33.0. The van der Waals surface area contributed by atoms with E-state index >= 15 is 0 Å². The first-order valence-corrected chi connectivity index (χ1v) is 10.3. The van der Waals surface area contributed by atoms with Crippen LogP contribution in [0.3, 0.4) is 0 Å². The van der Waals surface area contributed by atoms with E-state index in [1.807, 2.05) is 42.3 Å². The van der Waals surface area contributed by atoms with Crippen LogP contribution in [0.2, 0.25) is 0 Å². The second kappa shape index (κ2) is 8.54. The third-order valence-corrected chi connectivity index (χ3v) is 5.51. The molecule has 0 aliphatic carbocycles. The Morgan fingerprint density at radius 2 is 1.54 bits per heavy atom. The molecule has 0 bridgehead atoms. The number of aryl methyl sites for hydroxylation is 1. The van der Waals surface area contributed by atoms with Crippen LogP contribution >= 0.6 is 0 Å². The molecule has 7 nitrogen and oxygen atoms in total. The largest absolute Gasteiger partial charge is 0.353 e. The molecule has 28 heavy (non-hydrogen) atoms. The molecule has 1 amide bonds. The Labute approximate surface area is 166 Å². The van der Waals surface area contributed by atoms with E-state index in [1.165, 1.54) is 12.8 Å². The van der Waals surface area contributed by atoms with Gasteiger partial charge in [0.05, 0.1) is 0 Å². The van der Waals surface area contributed by atoms with Crippen molar-refractivity contribution in [3.05, 3.63) is 42.0 Å². The number of pyridine rings is 1. The molecule has 4 rings (SSSR count). The maximum Gasteiger partial charge on any atom is 0.272 e. The van der Waals surface area contributed by atoms with Crippen molar-refractivity contribution >= 4 is 17.5 Å². The molecule has 2 fully saturated rings. The predicted molar refractivity (Wildman–Crippen MR) is 110 cm³/mol. The van der Waals surface area contributed by atoms with E-state index < -0.39 is 0 Å². The molecule has 7 heteroatoms. The average Bonchev–Trinajstić information content (AvgIpc) is 3.03. The highest BCUT2D eigenvalue weighted by atomic mass is 16.2. The Kier molecular flexibility index (Phi) is 5.69. The van der Waals surface area contributed by atoms with Gasteiger partial charge in [0.15, 0.2) is 0 Å². The van der Waals surface area contributed by atoms with E-state index in [2.05, 4.69) is 24.8 Å². The topological polar surface area (TPSA) is 65.5 Å². The molecule has 0 saturated carbocycles. The molecule has 0 aromatic carbocycles. The fourth-order valence-corrected chi connectivity index (χ4v) is 3.96. The summed E-state index contributed by atoms with van der Waals surface area (Å²) in [6.45, 7) is 7.01. The summed E-state index contributed by atoms with van der Waals surface area (Å²) in [6.07, 6.45) is 6.41. The molecule has 0 atom stereocenters. The lowest BCUT2D eigenvalue weighted by atomic mass is 10.2. The lowest BCUT2D eigenvalue weighted by Crippen LogP contribution is -2.47. The molecule has 0 unspecified atom stereocenters. The van der Waals surface area contributed by atoms with Crippen LogP contribution in [0.5, 0.6) is 0 Å². The van der Waals surface area contributed by atoms with Gasteiger partial charge in [0.25, 0.3) is 5.91 Å². The van der Waals surface area contributed by atoms with Crippen molar-refractivity contribution in [1.82, 2.24) is 19.9 Å². The number of hydrogen-bond acceptors (Lipinski definition) is 6. The number of anilines is 2. The standard InChI is InChI=1S/C21H28N6O/c1-17-23-18(21(28)27-10-6-2-3-7-11-27)16-20(24-17)26-14-12-25(13-15-26)19-8-4-5-9-22-19/h4-5,8-9,16H,2-3,6-7,10-15H2,1H3. The first kappa shape index (κ1) is 18.7. The van der Waals surface area contributed by atoms with Crippen molar-refractivity contribution in [3.63, 3.8) is 0 Å². The second-order valence-electron chi connectivity index (χ2n) is 7.53. The molecule has 148 valence electrons. The van der Waals surface area contributed by atoms with Crippen molar-refractivity contribution in [2.24, 2.45) is 0 Å². The van der Waals surface area contributed by atoms with Crippen LogP contribution in [0.1, 0.15) is 42.0 Å². The zero-order valence-electron chi connectivity index (χ0n) is 16.5. The summed E-state index contributed by atoms with van der Waals surface area (Å²) < 4.78 is 0. The number of carbonyl (C=O) groups excluding carboxylic acids is 1. The number of piperazine rings is 1. The monoisotopic (exact) mass is 380 g/mol. The summed E-state index contributed by atoms with van der Waals surface area (Å²) in [5, 5.41) is 0. The lowest BCUT2D eigenvalue weighted by molar-refractivity contribution is 0.0755. The molecule has 2 aliphatic heterocycles. The van der Waals surface area contributed by atoms with E-state index in [0.717, 1.165) is 63.7 Å². The number of aromatic nitrogens is 3. The van der Waals surface area contributed by atoms with Crippen LogP contribution in [0.25, 0.3) is 0 Å². The van der Waals surface area contributed by atoms with Crippen molar-refractivity contribution in [2.45, 2.75) is 32.6 Å². The highest BCUT2D eigenvalue weighted by molar-refractivity contribution is 5.93. The Hall–Kier alpha value is -2.70. The highest BCUT2D eigenvalue weighted by Crippen LogP contribution is 2.20. The van der Waals surface area contributed by atoms with Gasteiger partial charge >= 0.3 is 0 Å². The Balaban J connectivity index is 1.46. The van der Waals surface area contributed by atoms with Gasteiger partial charge in [-0.25, -0.2) is 15.0 Å². The quantitative estimate of drug-likeness (QED) is 0.815. The molecule has 2 aromatic rings. The van der Waals surface area contributed by atoms with Crippen molar-refractivity contribution in [1.29, 1.82) is 0 Å². The zero-order chi connectivity index (χ0) is 19.3. The van der Waals surface area contributed by atoms with E-state index in [-0.39, 0.29) is 5.91 Å². The fourth-order valence-electron chi connectivity index (χ4n) is 3.96. The SMILES string of the molecule is Cc1nc(C(=O)N2CCCCCC2)cc(N2CCN(c3ccccn3)CC2)n1. The number of amides is 1. The summed E-state index contributed by atoms with van der Waals surface area (Å²) in [5.41, 5.74) is 0.525. The fraction of sp³-hybridized carbons (Fsp3) is 0.524. The summed E-state index contributed by atoms with van der Waals surface area (Å²) in [5.74, 6) is 2.56. The number of rotatable bonds is 3. The molecular weight excluding hydrogens is 352 g/mol. The van der Waals surface area contributed by atoms with E-state index in [9.17, 15) is 4.79 Å². The van der Waals surface area contributed by atoms with Crippen molar-refractivity contribution in [2.75, 3.05) is 49.1 Å². The van der Waals surface area contributed by atoms with Crippen molar-refractivity contribution in [3.8, 4) is 0 Å². The van der Waals surface area contributed by atoms with Gasteiger partial charge in [-0.05, 0) is 31.9 Å². The smallest absolute Gasteiger partial charge is 0.272 e. The molecule has 0 spiro atoms. The van der Waals surface area contributed by atoms with E-state index in [4.69, 9.17) is 0 Å². The Morgan fingerprint density at radius 1 is 0.857 bits per heavy atom. The maximum atomic E-state index is 13.0. The Bertz CT molecular complexity index is 796. The lowest BCUT2D eigenvalue weighted by Gasteiger charge is -2.36. The summed E-state index contributed by atoms with van der Waals surface area (Å²) in [7, 11) is 0. The van der Waals surface area contributed by atoms with Crippen LogP contribution in [0, 0.1) is 6.92 Å². The normalized spacial score (nSPS) is 18.1. The first-order valence-electron chi connectivity index (χ1n) is 10.3. The Morgan fingerprint density at radius 3 is 2.18 bits per heavy atom. The molecule has 2 aliphatic rings. The zero-order valence-corrected chi connectivity index (χ0v) is 16.5. The van der Waals surface area contributed by atoms with Gasteiger partial charge in [-0.3, -0.25) is 4.79 Å². The molecule has 0 N–H and O–H groups in total. The minimum atomic E-state index is 0.0424. The van der Waals surface area contributed by atoms with E-state index in [0.29, 0.717) is 11.5 Å². The van der Waals surface area contributed by atoms with Gasteiger partial charge in [-0.15, -0.1) is 0 Å². The van der Waals surface area contributed by atoms with Crippen LogP contribution in [-0.2, 0) is 0 Å². The van der Waals surface area contributed by atoms with Crippen molar-refractivity contribution < 1.29 is 4.79 Å². The van der Waals surface area contributed by atoms with Gasteiger partial charge in [0.2, 0.25) is 0 Å². The molecule has 2 aromatic heterocycles. The van der Waals surface area contributed by atoms with Gasteiger partial charge < -0.3 is 14.7 Å². The van der Waals surface area contributed by atoms with Gasteiger partial charge in [-0.2, -0.15) is 0 Å². The minimum absolute atomic E-state index is 0.0424. The maximum absolute atomic E-state index is 13.0. The molecule has 4 heterocycles. The molecule has 2 saturated heterocycles. The summed E-state index contributed by atoms with van der Waals surface area (Å²) in [6, 6.07) is 7.87. The van der Waals surface area contributed by atoms with Crippen LogP contribution in [0.15, 0.2) is 30.5 Å². The van der Waals surface area contributed by atoms with Gasteiger partial charge in [-0.1, -0.05) is 18.9 Å². The third-order valence-electron chi connectivity index (χ3n) is 5.51. The second-order valence-corrected chi connectivity index (χ2v) is 7.53. The predicted octanol–water partition coefficient (Wildman–Crippen LogP) is 2.52. The minimum Gasteiger partial charge on any atom is -0.353 e. The van der Waals surface area contributed by atoms with Crippen LogP contribution in [-0.4, -0.2) is 65.0 Å². The number of carbonyl (C=O) groups is 1. The summed E-state index contributed by atoms with van der Waals surface area (Å²) >= 11 is 0. The number of hydrogen-bond donors (Lipinski definition) is 0. The molecule has 0 radical (unpaired) electrons. The average molecular weight is 380 g/mol. The highest BCUT2D eigenvalue weighted by Gasteiger charge is 2.23. The van der Waals surface area contributed by atoms with Crippen LogP contribution < -0.4 is 9.80 Å².